The molecule has 2 atom stereocenters. The zero-order valence-electron chi connectivity index (χ0n) is 11.3. The van der Waals surface area contributed by atoms with Gasteiger partial charge in [0.25, 0.3) is 0 Å². The van der Waals surface area contributed by atoms with Gasteiger partial charge >= 0.3 is 5.97 Å². The van der Waals surface area contributed by atoms with Crippen molar-refractivity contribution in [3.8, 4) is 5.75 Å². The third-order valence-corrected chi connectivity index (χ3v) is 3.80. The van der Waals surface area contributed by atoms with Crippen molar-refractivity contribution in [3.05, 3.63) is 29.8 Å². The molecular formula is C15H20O4S. The molecule has 110 valence electrons. The molecule has 0 bridgehead atoms. The summed E-state index contributed by atoms with van der Waals surface area (Å²) in [6.07, 6.45) is 3.29. The summed E-state index contributed by atoms with van der Waals surface area (Å²) in [6, 6.07) is 7.97. The molecule has 1 aliphatic heterocycles. The van der Waals surface area contributed by atoms with Gasteiger partial charge in [-0.2, -0.15) is 12.6 Å². The minimum absolute atomic E-state index is 0.152. The highest BCUT2D eigenvalue weighted by atomic mass is 32.1. The Hall–Kier alpha value is -1.20. The molecule has 0 saturated carbocycles. The summed E-state index contributed by atoms with van der Waals surface area (Å²) in [5.74, 6) is 0.00492. The van der Waals surface area contributed by atoms with Crippen LogP contribution in [-0.2, 0) is 16.0 Å². The minimum atomic E-state index is -0.855. The lowest BCUT2D eigenvalue weighted by atomic mass is 10.1. The second-order valence-electron chi connectivity index (χ2n) is 5.00. The maximum absolute atomic E-state index is 10.7. The van der Waals surface area contributed by atoms with Crippen molar-refractivity contribution in [2.24, 2.45) is 0 Å². The highest BCUT2D eigenvalue weighted by molar-refractivity contribution is 7.81. The molecule has 1 saturated heterocycles. The van der Waals surface area contributed by atoms with Gasteiger partial charge < -0.3 is 14.6 Å². The molecule has 2 unspecified atom stereocenters. The Balaban J connectivity index is 1.81. The number of carbonyl (C=O) groups is 1. The standard InChI is InChI=1S/C15H20O4S/c16-15(17)14(20)6-2-4-11-3-1-5-12(9-11)19-13-7-8-18-10-13/h1,3,5,9,13-14,20H,2,4,6-8,10H2,(H,16,17). The molecular weight excluding hydrogens is 276 g/mol. The van der Waals surface area contributed by atoms with Crippen LogP contribution >= 0.6 is 12.6 Å². The van der Waals surface area contributed by atoms with Crippen LogP contribution in [0.5, 0.6) is 5.75 Å². The Morgan fingerprint density at radius 3 is 3.10 bits per heavy atom. The van der Waals surface area contributed by atoms with E-state index in [-0.39, 0.29) is 6.10 Å². The Morgan fingerprint density at radius 2 is 2.40 bits per heavy atom. The van der Waals surface area contributed by atoms with Crippen molar-refractivity contribution < 1.29 is 19.4 Å². The monoisotopic (exact) mass is 296 g/mol. The molecule has 0 radical (unpaired) electrons. The van der Waals surface area contributed by atoms with Crippen molar-refractivity contribution in [2.45, 2.75) is 37.0 Å². The van der Waals surface area contributed by atoms with Crippen LogP contribution in [0.25, 0.3) is 0 Å². The number of ether oxygens (including phenoxy) is 2. The summed E-state index contributed by atoms with van der Waals surface area (Å²) in [5.41, 5.74) is 1.16. The summed E-state index contributed by atoms with van der Waals surface area (Å²) >= 11 is 4.03. The number of thiol groups is 1. The summed E-state index contributed by atoms with van der Waals surface area (Å²) in [4.78, 5) is 10.7. The van der Waals surface area contributed by atoms with Crippen LogP contribution in [0.15, 0.2) is 24.3 Å². The third kappa shape index (κ3) is 4.72. The zero-order chi connectivity index (χ0) is 14.4. The molecule has 0 aromatic heterocycles. The van der Waals surface area contributed by atoms with Crippen LogP contribution in [0, 0.1) is 0 Å². The first-order chi connectivity index (χ1) is 9.65. The van der Waals surface area contributed by atoms with Crippen molar-refractivity contribution in [3.63, 3.8) is 0 Å². The van der Waals surface area contributed by atoms with E-state index in [1.807, 2.05) is 24.3 Å². The topological polar surface area (TPSA) is 55.8 Å². The fourth-order valence-electron chi connectivity index (χ4n) is 2.20. The van der Waals surface area contributed by atoms with Gasteiger partial charge in [-0.3, -0.25) is 4.79 Å². The van der Waals surface area contributed by atoms with Gasteiger partial charge in [0.15, 0.2) is 0 Å². The van der Waals surface area contributed by atoms with E-state index >= 15 is 0 Å². The molecule has 0 aliphatic carbocycles. The Kier molecular flexibility index (Phi) is 5.73. The molecule has 20 heavy (non-hydrogen) atoms. The molecule has 1 heterocycles. The highest BCUT2D eigenvalue weighted by Crippen LogP contribution is 2.20. The molecule has 1 N–H and O–H groups in total. The first-order valence-corrected chi connectivity index (χ1v) is 7.41. The molecule has 1 fully saturated rings. The smallest absolute Gasteiger partial charge is 0.316 e. The third-order valence-electron chi connectivity index (χ3n) is 3.32. The zero-order valence-corrected chi connectivity index (χ0v) is 12.2. The van der Waals surface area contributed by atoms with Gasteiger partial charge in [0, 0.05) is 6.42 Å². The van der Waals surface area contributed by atoms with Gasteiger partial charge in [-0.1, -0.05) is 12.1 Å². The van der Waals surface area contributed by atoms with Crippen LogP contribution in [0.4, 0.5) is 0 Å². The number of aryl methyl sites for hydroxylation is 1. The van der Waals surface area contributed by atoms with E-state index in [1.165, 1.54) is 0 Å². The molecule has 1 aromatic carbocycles. The van der Waals surface area contributed by atoms with Crippen molar-refractivity contribution in [1.82, 2.24) is 0 Å². The number of hydrogen-bond acceptors (Lipinski definition) is 4. The molecule has 0 spiro atoms. The number of hydrogen-bond donors (Lipinski definition) is 2. The first kappa shape index (κ1) is 15.2. The van der Waals surface area contributed by atoms with E-state index in [1.54, 1.807) is 0 Å². The molecule has 5 heteroatoms. The maximum Gasteiger partial charge on any atom is 0.316 e. The van der Waals surface area contributed by atoms with Crippen LogP contribution in [0.3, 0.4) is 0 Å². The SMILES string of the molecule is O=C(O)C(S)CCCc1cccc(OC2CCOC2)c1. The maximum atomic E-state index is 10.7. The van der Waals surface area contributed by atoms with Gasteiger partial charge in [-0.15, -0.1) is 0 Å². The van der Waals surface area contributed by atoms with Crippen LogP contribution in [0.2, 0.25) is 0 Å². The van der Waals surface area contributed by atoms with Gasteiger partial charge in [0.05, 0.1) is 18.5 Å². The molecule has 0 amide bonds. The van der Waals surface area contributed by atoms with Crippen molar-refractivity contribution in [1.29, 1.82) is 0 Å². The highest BCUT2D eigenvalue weighted by Gasteiger charge is 2.17. The second-order valence-corrected chi connectivity index (χ2v) is 5.62. The van der Waals surface area contributed by atoms with Gasteiger partial charge in [0.1, 0.15) is 11.9 Å². The average molecular weight is 296 g/mol. The average Bonchev–Trinajstić information content (AvgIpc) is 2.92. The summed E-state index contributed by atoms with van der Waals surface area (Å²) in [5, 5.41) is 8.20. The predicted molar refractivity (Wildman–Crippen MR) is 79.6 cm³/mol. The number of carboxylic acid groups (broad SMARTS) is 1. The molecule has 1 aromatic rings. The minimum Gasteiger partial charge on any atom is -0.488 e. The molecule has 2 rings (SSSR count). The Labute approximate surface area is 124 Å². The van der Waals surface area contributed by atoms with Crippen LogP contribution in [-0.4, -0.2) is 35.6 Å². The number of rotatable bonds is 7. The van der Waals surface area contributed by atoms with Crippen molar-refractivity contribution in [2.75, 3.05) is 13.2 Å². The number of carboxylic acids is 1. The number of aliphatic carboxylic acids is 1. The fourth-order valence-corrected chi connectivity index (χ4v) is 2.38. The summed E-state index contributed by atoms with van der Waals surface area (Å²) in [7, 11) is 0. The lowest BCUT2D eigenvalue weighted by Gasteiger charge is -2.13. The predicted octanol–water partition coefficient (Wildman–Crippen LogP) is 2.56. The van der Waals surface area contributed by atoms with E-state index in [4.69, 9.17) is 14.6 Å². The first-order valence-electron chi connectivity index (χ1n) is 6.89. The summed E-state index contributed by atoms with van der Waals surface area (Å²) < 4.78 is 11.1. The van der Waals surface area contributed by atoms with E-state index < -0.39 is 11.2 Å². The van der Waals surface area contributed by atoms with Crippen LogP contribution < -0.4 is 4.74 Å². The lowest BCUT2D eigenvalue weighted by Crippen LogP contribution is -2.15. The van der Waals surface area contributed by atoms with E-state index in [2.05, 4.69) is 12.6 Å². The quantitative estimate of drug-likeness (QED) is 0.759. The van der Waals surface area contributed by atoms with Crippen molar-refractivity contribution >= 4 is 18.6 Å². The Bertz CT molecular complexity index is 443. The lowest BCUT2D eigenvalue weighted by molar-refractivity contribution is -0.136. The van der Waals surface area contributed by atoms with E-state index in [9.17, 15) is 4.79 Å². The van der Waals surface area contributed by atoms with Gasteiger partial charge in [0.2, 0.25) is 0 Å². The fraction of sp³-hybridized carbons (Fsp3) is 0.533. The Morgan fingerprint density at radius 1 is 1.55 bits per heavy atom. The van der Waals surface area contributed by atoms with E-state index in [0.29, 0.717) is 13.0 Å². The second kappa shape index (κ2) is 7.55. The normalized spacial score (nSPS) is 19.8. The largest absolute Gasteiger partial charge is 0.488 e. The number of benzene rings is 1. The molecule has 4 nitrogen and oxygen atoms in total. The van der Waals surface area contributed by atoms with Gasteiger partial charge in [-0.25, -0.2) is 0 Å². The summed E-state index contributed by atoms with van der Waals surface area (Å²) in [6.45, 7) is 1.42. The molecule has 1 aliphatic rings. The van der Waals surface area contributed by atoms with Crippen LogP contribution in [0.1, 0.15) is 24.8 Å². The van der Waals surface area contributed by atoms with Gasteiger partial charge in [-0.05, 0) is 37.0 Å². The van der Waals surface area contributed by atoms with E-state index in [0.717, 1.165) is 37.2 Å².